The summed E-state index contributed by atoms with van der Waals surface area (Å²) < 4.78 is 12.4. The number of carbonyl (C=O) groups excluding carboxylic acids is 1. The number of nitrogens with zero attached hydrogens (tertiary/aromatic N) is 4. The highest BCUT2D eigenvalue weighted by Gasteiger charge is 2.27. The minimum atomic E-state index is -0.0342. The van der Waals surface area contributed by atoms with Crippen molar-refractivity contribution >= 4 is 5.91 Å². The molecule has 0 unspecified atom stereocenters. The van der Waals surface area contributed by atoms with Gasteiger partial charge in [-0.05, 0) is 18.2 Å². The Bertz CT molecular complexity index is 886. The van der Waals surface area contributed by atoms with E-state index in [1.165, 1.54) is 0 Å². The maximum absolute atomic E-state index is 13.1. The minimum absolute atomic E-state index is 0.0342. The number of oxazole rings is 1. The molecule has 0 aliphatic carbocycles. The van der Waals surface area contributed by atoms with Crippen LogP contribution in [0.25, 0.3) is 5.69 Å². The fourth-order valence-electron chi connectivity index (χ4n) is 3.05. The molecule has 128 valence electrons. The second-order valence-corrected chi connectivity index (χ2v) is 5.85. The van der Waals surface area contributed by atoms with Crippen molar-refractivity contribution in [2.45, 2.75) is 19.6 Å². The summed E-state index contributed by atoms with van der Waals surface area (Å²) in [7, 11) is 1.60. The van der Waals surface area contributed by atoms with Crippen LogP contribution in [0.5, 0.6) is 0 Å². The highest BCUT2D eigenvalue weighted by Crippen LogP contribution is 2.23. The number of benzene rings is 1. The first-order valence-corrected chi connectivity index (χ1v) is 8.11. The zero-order valence-electron chi connectivity index (χ0n) is 13.9. The molecular weight excluding hydrogens is 320 g/mol. The van der Waals surface area contributed by atoms with Gasteiger partial charge in [-0.1, -0.05) is 12.1 Å². The van der Waals surface area contributed by atoms with Crippen molar-refractivity contribution in [2.24, 2.45) is 0 Å². The van der Waals surface area contributed by atoms with Gasteiger partial charge in [-0.2, -0.15) is 5.10 Å². The second-order valence-electron chi connectivity index (χ2n) is 5.85. The maximum Gasteiger partial charge on any atom is 0.256 e. The van der Waals surface area contributed by atoms with Crippen LogP contribution in [0, 0.1) is 0 Å². The van der Waals surface area contributed by atoms with E-state index in [0.29, 0.717) is 37.6 Å². The van der Waals surface area contributed by atoms with Crippen LogP contribution in [0.4, 0.5) is 0 Å². The third-order valence-electron chi connectivity index (χ3n) is 4.21. The molecule has 0 saturated heterocycles. The number of methoxy groups -OCH3 is 1. The predicted molar refractivity (Wildman–Crippen MR) is 89.2 cm³/mol. The van der Waals surface area contributed by atoms with Gasteiger partial charge in [-0.25, -0.2) is 9.67 Å². The lowest BCUT2D eigenvalue weighted by Gasteiger charge is -2.26. The van der Waals surface area contributed by atoms with Crippen LogP contribution in [-0.2, 0) is 24.3 Å². The summed E-state index contributed by atoms with van der Waals surface area (Å²) in [6, 6.07) is 9.32. The summed E-state index contributed by atoms with van der Waals surface area (Å²) in [6.45, 7) is 1.37. The van der Waals surface area contributed by atoms with Crippen molar-refractivity contribution in [3.8, 4) is 5.69 Å². The molecule has 1 amide bonds. The molecule has 0 radical (unpaired) electrons. The molecule has 1 aliphatic heterocycles. The number of aromatic nitrogens is 3. The molecule has 0 atom stereocenters. The average molecular weight is 338 g/mol. The van der Waals surface area contributed by atoms with Crippen LogP contribution >= 0.6 is 0 Å². The standard InChI is InChI=1S/C18H18N4O3/c1-24-12-17-20-14-11-21(10-7-16(14)25-17)18(23)13-5-2-3-6-15(13)22-9-4-8-19-22/h2-6,8-9H,7,10-12H2,1H3. The fraction of sp³-hybridized carbons (Fsp3) is 0.278. The molecular formula is C18H18N4O3. The van der Waals surface area contributed by atoms with E-state index >= 15 is 0 Å². The Morgan fingerprint density at radius 3 is 3.00 bits per heavy atom. The summed E-state index contributed by atoms with van der Waals surface area (Å²) in [5.74, 6) is 1.36. The van der Waals surface area contributed by atoms with Gasteiger partial charge < -0.3 is 14.1 Å². The highest BCUT2D eigenvalue weighted by molar-refractivity contribution is 5.97. The fourth-order valence-corrected chi connectivity index (χ4v) is 3.05. The molecule has 25 heavy (non-hydrogen) atoms. The quantitative estimate of drug-likeness (QED) is 0.729. The Hall–Kier alpha value is -2.93. The number of ether oxygens (including phenoxy) is 1. The lowest BCUT2D eigenvalue weighted by Crippen LogP contribution is -2.36. The van der Waals surface area contributed by atoms with Crippen molar-refractivity contribution in [2.75, 3.05) is 13.7 Å². The number of hydrogen-bond donors (Lipinski definition) is 0. The monoisotopic (exact) mass is 338 g/mol. The highest BCUT2D eigenvalue weighted by atomic mass is 16.5. The first-order valence-electron chi connectivity index (χ1n) is 8.11. The Balaban J connectivity index is 1.60. The van der Waals surface area contributed by atoms with Gasteiger partial charge in [0.05, 0.1) is 17.8 Å². The van der Waals surface area contributed by atoms with Gasteiger partial charge >= 0.3 is 0 Å². The van der Waals surface area contributed by atoms with Gasteiger partial charge in [0.2, 0.25) is 5.89 Å². The Morgan fingerprint density at radius 2 is 2.20 bits per heavy atom. The van der Waals surface area contributed by atoms with E-state index < -0.39 is 0 Å². The van der Waals surface area contributed by atoms with E-state index in [1.54, 1.807) is 22.9 Å². The Kier molecular flexibility index (Phi) is 4.07. The van der Waals surface area contributed by atoms with Crippen molar-refractivity contribution in [3.63, 3.8) is 0 Å². The number of rotatable bonds is 4. The van der Waals surface area contributed by atoms with Crippen LogP contribution in [0.2, 0.25) is 0 Å². The van der Waals surface area contributed by atoms with E-state index in [1.807, 2.05) is 36.5 Å². The topological polar surface area (TPSA) is 73.4 Å². The van der Waals surface area contributed by atoms with Crippen molar-refractivity contribution in [1.82, 2.24) is 19.7 Å². The lowest BCUT2D eigenvalue weighted by molar-refractivity contribution is 0.0727. The molecule has 0 fully saturated rings. The van der Waals surface area contributed by atoms with Crippen LogP contribution < -0.4 is 0 Å². The van der Waals surface area contributed by atoms with Crippen LogP contribution in [-0.4, -0.2) is 39.2 Å². The van der Waals surface area contributed by atoms with Gasteiger partial charge in [0.1, 0.15) is 18.1 Å². The van der Waals surface area contributed by atoms with Crippen LogP contribution in [0.1, 0.15) is 27.7 Å². The molecule has 0 spiro atoms. The van der Waals surface area contributed by atoms with Crippen LogP contribution in [0.3, 0.4) is 0 Å². The molecule has 0 N–H and O–H groups in total. The summed E-state index contributed by atoms with van der Waals surface area (Å²) in [4.78, 5) is 19.3. The first-order chi connectivity index (χ1) is 12.3. The van der Waals surface area contributed by atoms with E-state index in [2.05, 4.69) is 10.1 Å². The van der Waals surface area contributed by atoms with E-state index in [4.69, 9.17) is 9.15 Å². The van der Waals surface area contributed by atoms with Gasteiger partial charge in [0.25, 0.3) is 5.91 Å². The minimum Gasteiger partial charge on any atom is -0.443 e. The molecule has 7 nitrogen and oxygen atoms in total. The molecule has 1 aromatic carbocycles. The van der Waals surface area contributed by atoms with E-state index in [-0.39, 0.29) is 5.91 Å². The molecule has 7 heteroatoms. The summed E-state index contributed by atoms with van der Waals surface area (Å²) in [6.07, 6.45) is 4.18. The molecule has 1 aliphatic rings. The molecule has 3 aromatic rings. The SMILES string of the molecule is COCc1nc2c(o1)CCN(C(=O)c1ccccc1-n1cccn1)C2. The normalized spacial score (nSPS) is 13.7. The Labute approximate surface area is 144 Å². The third-order valence-corrected chi connectivity index (χ3v) is 4.21. The molecule has 3 heterocycles. The smallest absolute Gasteiger partial charge is 0.256 e. The van der Waals surface area contributed by atoms with Crippen molar-refractivity contribution in [3.05, 3.63) is 65.6 Å². The van der Waals surface area contributed by atoms with Crippen LogP contribution in [0.15, 0.2) is 47.1 Å². The van der Waals surface area contributed by atoms with Gasteiger partial charge in [0, 0.05) is 32.5 Å². The van der Waals surface area contributed by atoms with Crippen molar-refractivity contribution < 1.29 is 13.9 Å². The maximum atomic E-state index is 13.1. The largest absolute Gasteiger partial charge is 0.443 e. The number of fused-ring (bicyclic) bond motifs is 1. The summed E-state index contributed by atoms with van der Waals surface area (Å²) in [5, 5.41) is 4.24. The summed E-state index contributed by atoms with van der Waals surface area (Å²) in [5.41, 5.74) is 2.20. The first kappa shape index (κ1) is 15.6. The molecule has 2 aromatic heterocycles. The van der Waals surface area contributed by atoms with Gasteiger partial charge in [-0.15, -0.1) is 0 Å². The van der Waals surface area contributed by atoms with Crippen molar-refractivity contribution in [1.29, 1.82) is 0 Å². The van der Waals surface area contributed by atoms with Gasteiger partial charge in [-0.3, -0.25) is 4.79 Å². The second kappa shape index (κ2) is 6.52. The number of carbonyl (C=O) groups is 1. The third kappa shape index (κ3) is 2.94. The summed E-state index contributed by atoms with van der Waals surface area (Å²) >= 11 is 0. The van der Waals surface area contributed by atoms with Gasteiger partial charge in [0.15, 0.2) is 0 Å². The number of amides is 1. The number of para-hydroxylation sites is 1. The van der Waals surface area contributed by atoms with E-state index in [0.717, 1.165) is 17.1 Å². The zero-order valence-corrected chi connectivity index (χ0v) is 13.9. The van der Waals surface area contributed by atoms with E-state index in [9.17, 15) is 4.79 Å². The average Bonchev–Trinajstić information content (AvgIpc) is 3.30. The number of hydrogen-bond acceptors (Lipinski definition) is 5. The zero-order chi connectivity index (χ0) is 17.2. The molecule has 0 saturated carbocycles. The molecule has 0 bridgehead atoms. The predicted octanol–water partition coefficient (Wildman–Crippen LogP) is 2.21. The molecule has 4 rings (SSSR count). The Morgan fingerprint density at radius 1 is 1.32 bits per heavy atom. The lowest BCUT2D eigenvalue weighted by atomic mass is 10.1.